The van der Waals surface area contributed by atoms with E-state index in [4.69, 9.17) is 0 Å². The Labute approximate surface area is 166 Å². The number of aliphatic imine (C=N–C) groups is 1. The van der Waals surface area contributed by atoms with E-state index in [9.17, 15) is 8.42 Å². The molecule has 6 nitrogen and oxygen atoms in total. The van der Waals surface area contributed by atoms with Gasteiger partial charge in [0.2, 0.25) is 0 Å². The van der Waals surface area contributed by atoms with Crippen molar-refractivity contribution in [1.82, 2.24) is 15.5 Å². The molecular formula is C16H37IN4O2S. The second-order valence-electron chi connectivity index (χ2n) is 6.51. The fourth-order valence-corrected chi connectivity index (χ4v) is 2.72. The van der Waals surface area contributed by atoms with Crippen LogP contribution >= 0.6 is 24.0 Å². The maximum Gasteiger partial charge on any atom is 0.191 e. The van der Waals surface area contributed by atoms with Crippen LogP contribution in [0, 0.1) is 0 Å². The first kappa shape index (κ1) is 26.1. The van der Waals surface area contributed by atoms with Gasteiger partial charge in [-0.3, -0.25) is 4.99 Å². The van der Waals surface area contributed by atoms with Gasteiger partial charge in [-0.05, 0) is 60.5 Å². The highest BCUT2D eigenvalue weighted by Gasteiger charge is 2.09. The summed E-state index contributed by atoms with van der Waals surface area (Å²) in [4.78, 5) is 6.90. The van der Waals surface area contributed by atoms with Gasteiger partial charge in [0, 0.05) is 31.4 Å². The second-order valence-corrected chi connectivity index (χ2v) is 8.77. The second kappa shape index (κ2) is 14.1. The molecule has 1 atom stereocenters. The van der Waals surface area contributed by atoms with E-state index in [0.717, 1.165) is 38.4 Å². The van der Waals surface area contributed by atoms with E-state index < -0.39 is 9.84 Å². The number of unbranched alkanes of at least 4 members (excludes halogenated alkanes) is 1. The molecule has 2 N–H and O–H groups in total. The number of halogens is 1. The van der Waals surface area contributed by atoms with Crippen molar-refractivity contribution in [3.63, 3.8) is 0 Å². The first-order valence-electron chi connectivity index (χ1n) is 8.58. The van der Waals surface area contributed by atoms with Gasteiger partial charge < -0.3 is 15.5 Å². The van der Waals surface area contributed by atoms with Crippen LogP contribution in [0.2, 0.25) is 0 Å². The normalized spacial score (nSPS) is 13.8. The topological polar surface area (TPSA) is 73.8 Å². The van der Waals surface area contributed by atoms with Crippen molar-refractivity contribution in [2.75, 3.05) is 38.7 Å². The molecule has 0 aliphatic heterocycles. The molecule has 0 saturated carbocycles. The molecule has 8 heteroatoms. The minimum absolute atomic E-state index is 0. The van der Waals surface area contributed by atoms with E-state index >= 15 is 0 Å². The molecule has 0 aliphatic carbocycles. The zero-order valence-corrected chi connectivity index (χ0v) is 19.3. The van der Waals surface area contributed by atoms with E-state index in [0.29, 0.717) is 12.5 Å². The average molecular weight is 476 g/mol. The van der Waals surface area contributed by atoms with Crippen LogP contribution in [0.15, 0.2) is 4.99 Å². The third-order valence-corrected chi connectivity index (χ3v) is 4.70. The summed E-state index contributed by atoms with van der Waals surface area (Å²) >= 11 is 0. The lowest BCUT2D eigenvalue weighted by Crippen LogP contribution is -2.42. The largest absolute Gasteiger partial charge is 0.357 e. The first-order valence-corrected chi connectivity index (χ1v) is 10.6. The Morgan fingerprint density at radius 1 is 1.21 bits per heavy atom. The lowest BCUT2D eigenvalue weighted by atomic mass is 10.2. The van der Waals surface area contributed by atoms with Gasteiger partial charge in [-0.2, -0.15) is 0 Å². The summed E-state index contributed by atoms with van der Waals surface area (Å²) in [6, 6.07) is 0.655. The number of nitrogens with zero attached hydrogens (tertiary/aromatic N) is 2. The lowest BCUT2D eigenvalue weighted by molar-refractivity contribution is 0.269. The number of rotatable bonds is 11. The molecule has 0 rings (SSSR count). The van der Waals surface area contributed by atoms with Crippen LogP contribution in [-0.4, -0.2) is 70.1 Å². The molecule has 146 valence electrons. The minimum Gasteiger partial charge on any atom is -0.357 e. The molecule has 0 aliphatic rings. The zero-order chi connectivity index (χ0) is 17.9. The monoisotopic (exact) mass is 476 g/mol. The van der Waals surface area contributed by atoms with E-state index in [1.165, 1.54) is 6.26 Å². The Kier molecular flexibility index (Phi) is 15.4. The summed E-state index contributed by atoms with van der Waals surface area (Å²) in [6.45, 7) is 11.1. The number of sulfone groups is 1. The Bertz CT molecular complexity index is 441. The minimum atomic E-state index is -2.91. The highest BCUT2D eigenvalue weighted by Crippen LogP contribution is 1.99. The molecule has 0 amide bonds. The van der Waals surface area contributed by atoms with Crippen molar-refractivity contribution in [3.8, 4) is 0 Å². The van der Waals surface area contributed by atoms with Crippen LogP contribution in [0.25, 0.3) is 0 Å². The average Bonchev–Trinajstić information content (AvgIpc) is 2.43. The molecule has 0 saturated heterocycles. The zero-order valence-electron chi connectivity index (χ0n) is 16.1. The molecule has 0 heterocycles. The predicted octanol–water partition coefficient (Wildman–Crippen LogP) is 2.10. The summed E-state index contributed by atoms with van der Waals surface area (Å²) in [5.41, 5.74) is 0. The predicted molar refractivity (Wildman–Crippen MR) is 115 cm³/mol. The van der Waals surface area contributed by atoms with Crippen molar-refractivity contribution in [2.45, 2.75) is 59.0 Å². The van der Waals surface area contributed by atoms with Crippen LogP contribution in [0.5, 0.6) is 0 Å². The number of nitrogens with one attached hydrogen (secondary N) is 2. The molecule has 0 aromatic rings. The van der Waals surface area contributed by atoms with Crippen LogP contribution in [0.4, 0.5) is 0 Å². The quantitative estimate of drug-likeness (QED) is 0.207. The Hall–Kier alpha value is -0.0900. The highest BCUT2D eigenvalue weighted by molar-refractivity contribution is 14.0. The van der Waals surface area contributed by atoms with Gasteiger partial charge in [0.15, 0.2) is 5.96 Å². The van der Waals surface area contributed by atoms with Crippen molar-refractivity contribution in [3.05, 3.63) is 0 Å². The van der Waals surface area contributed by atoms with Crippen molar-refractivity contribution < 1.29 is 8.42 Å². The molecule has 24 heavy (non-hydrogen) atoms. The molecule has 0 fully saturated rings. The van der Waals surface area contributed by atoms with E-state index in [2.05, 4.69) is 41.4 Å². The fourth-order valence-electron chi connectivity index (χ4n) is 1.94. The van der Waals surface area contributed by atoms with E-state index in [1.807, 2.05) is 13.8 Å². The van der Waals surface area contributed by atoms with Crippen molar-refractivity contribution >= 4 is 39.8 Å². The van der Waals surface area contributed by atoms with Crippen LogP contribution in [0.3, 0.4) is 0 Å². The summed E-state index contributed by atoms with van der Waals surface area (Å²) in [6.07, 6.45) is 4.03. The van der Waals surface area contributed by atoms with Gasteiger partial charge in [-0.15, -0.1) is 24.0 Å². The molecule has 0 aromatic carbocycles. The number of guanidine groups is 1. The smallest absolute Gasteiger partial charge is 0.191 e. The molecule has 0 radical (unpaired) electrons. The summed E-state index contributed by atoms with van der Waals surface area (Å²) in [7, 11) is -0.770. The Morgan fingerprint density at radius 2 is 1.83 bits per heavy atom. The third-order valence-electron chi connectivity index (χ3n) is 3.72. The first-order chi connectivity index (χ1) is 10.7. The maximum absolute atomic E-state index is 11.2. The van der Waals surface area contributed by atoms with Crippen molar-refractivity contribution in [1.29, 1.82) is 0 Å². The Morgan fingerprint density at radius 3 is 2.33 bits per heavy atom. The molecule has 0 spiro atoms. The van der Waals surface area contributed by atoms with E-state index in [-0.39, 0.29) is 35.8 Å². The summed E-state index contributed by atoms with van der Waals surface area (Å²) in [5, 5.41) is 6.48. The van der Waals surface area contributed by atoms with E-state index in [1.54, 1.807) is 0 Å². The highest BCUT2D eigenvalue weighted by atomic mass is 127. The van der Waals surface area contributed by atoms with Gasteiger partial charge in [0.25, 0.3) is 0 Å². The van der Waals surface area contributed by atoms with Gasteiger partial charge in [0.1, 0.15) is 9.84 Å². The fraction of sp³-hybridized carbons (Fsp3) is 0.938. The number of hydrogen-bond acceptors (Lipinski definition) is 4. The van der Waals surface area contributed by atoms with Crippen LogP contribution in [-0.2, 0) is 9.84 Å². The summed E-state index contributed by atoms with van der Waals surface area (Å²) < 4.78 is 22.4. The lowest BCUT2D eigenvalue weighted by Gasteiger charge is -2.20. The molecule has 0 aromatic heterocycles. The van der Waals surface area contributed by atoms with Crippen LogP contribution in [0.1, 0.15) is 47.0 Å². The van der Waals surface area contributed by atoms with Crippen LogP contribution < -0.4 is 10.6 Å². The van der Waals surface area contributed by atoms with Gasteiger partial charge in [-0.25, -0.2) is 8.42 Å². The Balaban J connectivity index is 0. The van der Waals surface area contributed by atoms with Gasteiger partial charge in [-0.1, -0.05) is 0 Å². The molecular weight excluding hydrogens is 439 g/mol. The third kappa shape index (κ3) is 15.4. The molecule has 0 bridgehead atoms. The van der Waals surface area contributed by atoms with Gasteiger partial charge >= 0.3 is 0 Å². The summed E-state index contributed by atoms with van der Waals surface area (Å²) in [5.74, 6) is 0.966. The maximum atomic E-state index is 11.2. The standard InChI is InChI=1S/C16H36N4O2S.HI/c1-7-17-16(19-15(4)10-13-23(6,21)22)18-11-8-9-12-20(5)14(2)3;/h14-15H,7-13H2,1-6H3,(H2,17,18,19);1H. The molecule has 1 unspecified atom stereocenters. The number of hydrogen-bond donors (Lipinski definition) is 2. The van der Waals surface area contributed by atoms with Gasteiger partial charge in [0.05, 0.1) is 5.75 Å². The van der Waals surface area contributed by atoms with Crippen molar-refractivity contribution in [2.24, 2.45) is 4.99 Å². The SMILES string of the molecule is CCNC(=NCCCCN(C)C(C)C)NC(C)CCS(C)(=O)=O.I.